The SMILES string of the molecule is CCC(=O)N[C@H]1c2ccccc2C2(CCN(Cc3cccn3-c3cccnc3)CC2)[C@@H]1OC. The summed E-state index contributed by atoms with van der Waals surface area (Å²) in [7, 11) is 1.79. The molecule has 2 atom stereocenters. The van der Waals surface area contributed by atoms with Gasteiger partial charge in [0.15, 0.2) is 0 Å². The largest absolute Gasteiger partial charge is 0.378 e. The number of piperidine rings is 1. The molecule has 3 aromatic rings. The first-order chi connectivity index (χ1) is 16.2. The molecule has 1 amide bonds. The number of pyridine rings is 1. The Morgan fingerprint density at radius 3 is 2.70 bits per heavy atom. The third-order valence-corrected chi connectivity index (χ3v) is 7.46. The molecule has 3 heterocycles. The number of amides is 1. The third kappa shape index (κ3) is 3.87. The molecule has 1 fully saturated rings. The van der Waals surface area contributed by atoms with Gasteiger partial charge in [0.1, 0.15) is 0 Å². The van der Waals surface area contributed by atoms with E-state index in [1.165, 1.54) is 16.8 Å². The van der Waals surface area contributed by atoms with E-state index >= 15 is 0 Å². The van der Waals surface area contributed by atoms with Crippen LogP contribution in [0.15, 0.2) is 67.1 Å². The summed E-state index contributed by atoms with van der Waals surface area (Å²) in [5.74, 6) is 0.0718. The highest BCUT2D eigenvalue weighted by Gasteiger charge is 2.53. The van der Waals surface area contributed by atoms with Crippen molar-refractivity contribution in [2.75, 3.05) is 20.2 Å². The van der Waals surface area contributed by atoms with Crippen LogP contribution in [0, 0.1) is 0 Å². The van der Waals surface area contributed by atoms with Gasteiger partial charge in [0.2, 0.25) is 5.91 Å². The molecule has 0 unspecified atom stereocenters. The Balaban J connectivity index is 1.36. The van der Waals surface area contributed by atoms with Crippen LogP contribution in [-0.2, 0) is 21.5 Å². The van der Waals surface area contributed by atoms with Crippen LogP contribution in [0.3, 0.4) is 0 Å². The van der Waals surface area contributed by atoms with Crippen LogP contribution in [0.4, 0.5) is 0 Å². The van der Waals surface area contributed by atoms with Crippen molar-refractivity contribution in [1.82, 2.24) is 19.8 Å². The summed E-state index contributed by atoms with van der Waals surface area (Å²) in [5, 5.41) is 3.24. The van der Waals surface area contributed by atoms with Gasteiger partial charge in [-0.25, -0.2) is 0 Å². The van der Waals surface area contributed by atoms with Crippen LogP contribution in [0.25, 0.3) is 5.69 Å². The fraction of sp³-hybridized carbons (Fsp3) is 0.407. The molecule has 0 saturated carbocycles. The van der Waals surface area contributed by atoms with Crippen LogP contribution < -0.4 is 5.32 Å². The van der Waals surface area contributed by atoms with Crippen molar-refractivity contribution in [1.29, 1.82) is 0 Å². The molecule has 1 N–H and O–H groups in total. The van der Waals surface area contributed by atoms with Crippen molar-refractivity contribution in [3.05, 3.63) is 83.9 Å². The van der Waals surface area contributed by atoms with Crippen molar-refractivity contribution in [2.45, 2.75) is 50.3 Å². The minimum absolute atomic E-state index is 0.0493. The van der Waals surface area contributed by atoms with Gasteiger partial charge in [-0.15, -0.1) is 0 Å². The summed E-state index contributed by atoms with van der Waals surface area (Å²) in [6, 6.07) is 16.8. The first-order valence-electron chi connectivity index (χ1n) is 11.9. The van der Waals surface area contributed by atoms with Gasteiger partial charge in [-0.05, 0) is 61.3 Å². The third-order valence-electron chi connectivity index (χ3n) is 7.46. The number of benzene rings is 1. The summed E-state index contributed by atoms with van der Waals surface area (Å²) >= 11 is 0. The molecule has 0 radical (unpaired) electrons. The number of hydrogen-bond donors (Lipinski definition) is 1. The quantitative estimate of drug-likeness (QED) is 0.624. The maximum Gasteiger partial charge on any atom is 0.220 e. The van der Waals surface area contributed by atoms with E-state index in [0.717, 1.165) is 38.2 Å². The van der Waals surface area contributed by atoms with Crippen LogP contribution in [-0.4, -0.2) is 46.7 Å². The molecule has 1 aliphatic heterocycles. The van der Waals surface area contributed by atoms with Crippen molar-refractivity contribution in [3.63, 3.8) is 0 Å². The molecular formula is C27H32N4O2. The lowest BCUT2D eigenvalue weighted by Gasteiger charge is -2.44. The Morgan fingerprint density at radius 2 is 1.97 bits per heavy atom. The molecule has 6 heteroatoms. The fourth-order valence-corrected chi connectivity index (χ4v) is 5.83. The summed E-state index contributed by atoms with van der Waals surface area (Å²) in [5.41, 5.74) is 4.84. The van der Waals surface area contributed by atoms with Crippen LogP contribution in [0.5, 0.6) is 0 Å². The van der Waals surface area contributed by atoms with Crippen LogP contribution in [0.2, 0.25) is 0 Å². The molecule has 6 nitrogen and oxygen atoms in total. The van der Waals surface area contributed by atoms with E-state index in [1.54, 1.807) is 13.3 Å². The summed E-state index contributed by atoms with van der Waals surface area (Å²) in [6.07, 6.45) is 8.26. The fourth-order valence-electron chi connectivity index (χ4n) is 5.83. The Kier molecular flexibility index (Phi) is 6.04. The number of carbonyl (C=O) groups excluding carboxylic acids is 1. The number of rotatable bonds is 6. The van der Waals surface area contributed by atoms with Gasteiger partial charge in [-0.2, -0.15) is 0 Å². The van der Waals surface area contributed by atoms with E-state index in [4.69, 9.17) is 4.74 Å². The van der Waals surface area contributed by atoms with E-state index < -0.39 is 0 Å². The molecule has 0 bridgehead atoms. The maximum atomic E-state index is 12.3. The van der Waals surface area contributed by atoms with Gasteiger partial charge in [0, 0.05) is 43.6 Å². The molecule has 5 rings (SSSR count). The zero-order valence-corrected chi connectivity index (χ0v) is 19.4. The number of carbonyl (C=O) groups is 1. The number of fused-ring (bicyclic) bond motifs is 2. The second-order valence-corrected chi connectivity index (χ2v) is 9.16. The molecule has 1 aliphatic carbocycles. The van der Waals surface area contributed by atoms with Crippen molar-refractivity contribution in [2.24, 2.45) is 0 Å². The van der Waals surface area contributed by atoms with Gasteiger partial charge in [0.25, 0.3) is 0 Å². The number of ether oxygens (including phenoxy) is 1. The number of nitrogens with zero attached hydrogens (tertiary/aromatic N) is 3. The van der Waals surface area contributed by atoms with E-state index in [2.05, 4.69) is 68.4 Å². The van der Waals surface area contributed by atoms with Crippen molar-refractivity contribution in [3.8, 4) is 5.69 Å². The average Bonchev–Trinajstić information content (AvgIpc) is 3.42. The highest BCUT2D eigenvalue weighted by atomic mass is 16.5. The summed E-state index contributed by atoms with van der Waals surface area (Å²) in [6.45, 7) is 4.77. The average molecular weight is 445 g/mol. The summed E-state index contributed by atoms with van der Waals surface area (Å²) in [4.78, 5) is 19.1. The monoisotopic (exact) mass is 444 g/mol. The molecule has 2 aromatic heterocycles. The van der Waals surface area contributed by atoms with Crippen LogP contribution in [0.1, 0.15) is 49.0 Å². The predicted octanol–water partition coefficient (Wildman–Crippen LogP) is 4.00. The van der Waals surface area contributed by atoms with Crippen molar-refractivity contribution < 1.29 is 9.53 Å². The smallest absolute Gasteiger partial charge is 0.220 e. The first-order valence-corrected chi connectivity index (χ1v) is 11.9. The molecule has 1 saturated heterocycles. The molecular weight excluding hydrogens is 412 g/mol. The molecule has 1 spiro atoms. The number of methoxy groups -OCH3 is 1. The van der Waals surface area contributed by atoms with Crippen LogP contribution >= 0.6 is 0 Å². The Labute approximate surface area is 195 Å². The van der Waals surface area contributed by atoms with Gasteiger partial charge in [-0.3, -0.25) is 14.7 Å². The summed E-state index contributed by atoms with van der Waals surface area (Å²) < 4.78 is 8.34. The molecule has 33 heavy (non-hydrogen) atoms. The lowest BCUT2D eigenvalue weighted by molar-refractivity contribution is -0.123. The Bertz CT molecular complexity index is 1100. The number of hydrogen-bond acceptors (Lipinski definition) is 4. The second kappa shape index (κ2) is 9.12. The normalized spacial score (nSPS) is 21.8. The highest BCUT2D eigenvalue weighted by molar-refractivity contribution is 5.76. The molecule has 1 aromatic carbocycles. The maximum absolute atomic E-state index is 12.3. The zero-order chi connectivity index (χ0) is 22.8. The number of nitrogens with one attached hydrogen (secondary N) is 1. The topological polar surface area (TPSA) is 59.4 Å². The Morgan fingerprint density at radius 1 is 1.15 bits per heavy atom. The molecule has 172 valence electrons. The van der Waals surface area contributed by atoms with Gasteiger partial charge in [-0.1, -0.05) is 31.2 Å². The number of aromatic nitrogens is 2. The van der Waals surface area contributed by atoms with E-state index in [-0.39, 0.29) is 23.5 Å². The zero-order valence-electron chi connectivity index (χ0n) is 19.4. The lowest BCUT2D eigenvalue weighted by Crippen LogP contribution is -2.50. The Hall–Kier alpha value is -2.96. The van der Waals surface area contributed by atoms with E-state index in [0.29, 0.717) is 6.42 Å². The van der Waals surface area contributed by atoms with Gasteiger partial charge < -0.3 is 14.6 Å². The first kappa shape index (κ1) is 21.9. The van der Waals surface area contributed by atoms with Gasteiger partial charge >= 0.3 is 0 Å². The van der Waals surface area contributed by atoms with E-state index in [1.807, 2.05) is 19.2 Å². The van der Waals surface area contributed by atoms with E-state index in [9.17, 15) is 4.79 Å². The highest BCUT2D eigenvalue weighted by Crippen LogP contribution is 2.52. The predicted molar refractivity (Wildman–Crippen MR) is 128 cm³/mol. The molecule has 2 aliphatic rings. The number of likely N-dealkylation sites (tertiary alicyclic amines) is 1. The second-order valence-electron chi connectivity index (χ2n) is 9.16. The standard InChI is InChI=1S/C27H32N4O2/c1-3-24(32)29-25-22-10-4-5-11-23(22)27(26(25)33-2)12-16-30(17-13-27)19-21-9-7-15-31(21)20-8-6-14-28-18-20/h4-11,14-15,18,25-26H,3,12-13,16-17,19H2,1-2H3,(H,29,32)/t25-,26+/m0/s1. The minimum Gasteiger partial charge on any atom is -0.378 e. The lowest BCUT2D eigenvalue weighted by atomic mass is 9.72. The minimum atomic E-state index is -0.0898. The van der Waals surface area contributed by atoms with Crippen molar-refractivity contribution >= 4 is 5.91 Å². The van der Waals surface area contributed by atoms with Gasteiger partial charge in [0.05, 0.1) is 24.0 Å².